The Morgan fingerprint density at radius 1 is 1.45 bits per heavy atom. The molecule has 1 aliphatic heterocycles. The minimum Gasteiger partial charge on any atom is -0.473 e. The summed E-state index contributed by atoms with van der Waals surface area (Å²) in [5.41, 5.74) is 2.84. The molecule has 3 rings (SSSR count). The fourth-order valence-electron chi connectivity index (χ4n) is 2.52. The Labute approximate surface area is 118 Å². The second-order valence-corrected chi connectivity index (χ2v) is 5.06. The summed E-state index contributed by atoms with van der Waals surface area (Å²) in [6, 6.07) is 3.96. The first kappa shape index (κ1) is 13.1. The lowest BCUT2D eigenvalue weighted by Gasteiger charge is -2.19. The zero-order valence-corrected chi connectivity index (χ0v) is 11.7. The predicted octanol–water partition coefficient (Wildman–Crippen LogP) is 2.50. The van der Waals surface area contributed by atoms with Crippen LogP contribution in [0.5, 0.6) is 5.88 Å². The van der Waals surface area contributed by atoms with Gasteiger partial charge in [-0.25, -0.2) is 4.98 Å². The van der Waals surface area contributed by atoms with Crippen molar-refractivity contribution in [1.29, 1.82) is 0 Å². The Balaban J connectivity index is 1.98. The van der Waals surface area contributed by atoms with Crippen LogP contribution >= 0.6 is 0 Å². The van der Waals surface area contributed by atoms with Crippen molar-refractivity contribution < 1.29 is 9.47 Å². The molecule has 0 saturated carbocycles. The van der Waals surface area contributed by atoms with E-state index in [4.69, 9.17) is 9.47 Å². The van der Waals surface area contributed by atoms with E-state index in [0.717, 1.165) is 43.1 Å². The zero-order chi connectivity index (χ0) is 13.9. The standard InChI is InChI=1S/C15H19N3O2/c1-3-6-20-15-9-11(2)16-14-10-13(17-18(14)15)12-4-7-19-8-5-12/h3,9-10,12H,1,4-8H2,2H3. The molecule has 0 N–H and O–H groups in total. The maximum Gasteiger partial charge on any atom is 0.218 e. The van der Waals surface area contributed by atoms with E-state index in [0.29, 0.717) is 18.4 Å². The first-order valence-corrected chi connectivity index (χ1v) is 6.96. The third-order valence-electron chi connectivity index (χ3n) is 3.53. The number of ether oxygens (including phenoxy) is 2. The van der Waals surface area contributed by atoms with E-state index < -0.39 is 0 Å². The van der Waals surface area contributed by atoms with Crippen LogP contribution in [0.3, 0.4) is 0 Å². The summed E-state index contributed by atoms with van der Waals surface area (Å²) in [4.78, 5) is 4.52. The van der Waals surface area contributed by atoms with Crippen molar-refractivity contribution >= 4 is 5.65 Å². The number of rotatable bonds is 4. The molecular formula is C15H19N3O2. The summed E-state index contributed by atoms with van der Waals surface area (Å²) >= 11 is 0. The van der Waals surface area contributed by atoms with Crippen LogP contribution in [-0.4, -0.2) is 34.4 Å². The predicted molar refractivity (Wildman–Crippen MR) is 76.2 cm³/mol. The minimum atomic E-state index is 0.456. The monoisotopic (exact) mass is 273 g/mol. The molecule has 5 nitrogen and oxygen atoms in total. The summed E-state index contributed by atoms with van der Waals surface area (Å²) in [6.45, 7) is 7.72. The molecule has 0 bridgehead atoms. The Bertz CT molecular complexity index is 615. The third kappa shape index (κ3) is 2.54. The highest BCUT2D eigenvalue weighted by atomic mass is 16.5. The molecule has 0 amide bonds. The van der Waals surface area contributed by atoms with E-state index in [1.165, 1.54) is 0 Å². The van der Waals surface area contributed by atoms with Crippen molar-refractivity contribution in [2.45, 2.75) is 25.7 Å². The minimum absolute atomic E-state index is 0.456. The van der Waals surface area contributed by atoms with Crippen molar-refractivity contribution in [1.82, 2.24) is 14.6 Å². The number of aryl methyl sites for hydroxylation is 1. The lowest BCUT2D eigenvalue weighted by Crippen LogP contribution is -2.14. The van der Waals surface area contributed by atoms with Gasteiger partial charge in [0.1, 0.15) is 6.61 Å². The van der Waals surface area contributed by atoms with Crippen molar-refractivity contribution in [3.8, 4) is 5.88 Å². The molecule has 2 aromatic heterocycles. The molecule has 0 unspecified atom stereocenters. The van der Waals surface area contributed by atoms with E-state index in [-0.39, 0.29) is 0 Å². The van der Waals surface area contributed by atoms with Gasteiger partial charge in [0.2, 0.25) is 5.88 Å². The first-order valence-electron chi connectivity index (χ1n) is 6.96. The highest BCUT2D eigenvalue weighted by Gasteiger charge is 2.20. The Kier molecular flexibility index (Phi) is 3.69. The number of hydrogen-bond acceptors (Lipinski definition) is 4. The van der Waals surface area contributed by atoms with Gasteiger partial charge in [0.15, 0.2) is 5.65 Å². The van der Waals surface area contributed by atoms with E-state index in [2.05, 4.69) is 22.7 Å². The number of aromatic nitrogens is 3. The van der Waals surface area contributed by atoms with Gasteiger partial charge in [0, 0.05) is 37.0 Å². The lowest BCUT2D eigenvalue weighted by molar-refractivity contribution is 0.0844. The molecule has 0 radical (unpaired) electrons. The summed E-state index contributed by atoms with van der Waals surface area (Å²) in [7, 11) is 0. The van der Waals surface area contributed by atoms with Gasteiger partial charge in [0.25, 0.3) is 0 Å². The topological polar surface area (TPSA) is 48.7 Å². The summed E-state index contributed by atoms with van der Waals surface area (Å²) < 4.78 is 12.9. The van der Waals surface area contributed by atoms with Gasteiger partial charge in [-0.3, -0.25) is 0 Å². The second kappa shape index (κ2) is 5.63. The van der Waals surface area contributed by atoms with Crippen molar-refractivity contribution in [2.75, 3.05) is 19.8 Å². The average molecular weight is 273 g/mol. The van der Waals surface area contributed by atoms with Gasteiger partial charge in [-0.05, 0) is 19.8 Å². The number of hydrogen-bond donors (Lipinski definition) is 0. The quantitative estimate of drug-likeness (QED) is 0.803. The second-order valence-electron chi connectivity index (χ2n) is 5.06. The van der Waals surface area contributed by atoms with Gasteiger partial charge in [-0.2, -0.15) is 9.61 Å². The average Bonchev–Trinajstić information content (AvgIpc) is 2.89. The molecule has 0 aromatic carbocycles. The molecule has 1 fully saturated rings. The van der Waals surface area contributed by atoms with Gasteiger partial charge >= 0.3 is 0 Å². The molecule has 106 valence electrons. The van der Waals surface area contributed by atoms with Crippen molar-refractivity contribution in [3.63, 3.8) is 0 Å². The molecule has 0 atom stereocenters. The van der Waals surface area contributed by atoms with Crippen molar-refractivity contribution in [2.24, 2.45) is 0 Å². The Morgan fingerprint density at radius 2 is 2.25 bits per heavy atom. The van der Waals surface area contributed by atoms with Crippen LogP contribution in [0.25, 0.3) is 5.65 Å². The third-order valence-corrected chi connectivity index (χ3v) is 3.53. The van der Waals surface area contributed by atoms with Gasteiger partial charge in [-0.15, -0.1) is 0 Å². The van der Waals surface area contributed by atoms with Crippen LogP contribution in [0.1, 0.15) is 30.1 Å². The number of nitrogens with zero attached hydrogens (tertiary/aromatic N) is 3. The highest BCUT2D eigenvalue weighted by Crippen LogP contribution is 2.27. The van der Waals surface area contributed by atoms with Gasteiger partial charge < -0.3 is 9.47 Å². The fraction of sp³-hybridized carbons (Fsp3) is 0.467. The lowest BCUT2D eigenvalue weighted by atomic mass is 9.97. The normalized spacial score (nSPS) is 16.4. The maximum atomic E-state index is 5.67. The molecule has 3 heterocycles. The molecule has 1 aliphatic rings. The van der Waals surface area contributed by atoms with Gasteiger partial charge in [-0.1, -0.05) is 12.7 Å². The van der Waals surface area contributed by atoms with E-state index in [1.54, 1.807) is 10.6 Å². The highest BCUT2D eigenvalue weighted by molar-refractivity contribution is 5.44. The number of fused-ring (bicyclic) bond motifs is 1. The molecule has 5 heteroatoms. The Morgan fingerprint density at radius 3 is 3.00 bits per heavy atom. The van der Waals surface area contributed by atoms with Crippen LogP contribution < -0.4 is 4.74 Å². The van der Waals surface area contributed by atoms with Crippen molar-refractivity contribution in [3.05, 3.63) is 36.2 Å². The summed E-state index contributed by atoms with van der Waals surface area (Å²) in [6.07, 6.45) is 3.77. The van der Waals surface area contributed by atoms with E-state index >= 15 is 0 Å². The van der Waals surface area contributed by atoms with Crippen LogP contribution in [0, 0.1) is 6.92 Å². The molecule has 20 heavy (non-hydrogen) atoms. The van der Waals surface area contributed by atoms with Crippen LogP contribution in [0.4, 0.5) is 0 Å². The smallest absolute Gasteiger partial charge is 0.218 e. The molecule has 0 aliphatic carbocycles. The summed E-state index contributed by atoms with van der Waals surface area (Å²) in [5, 5.41) is 4.67. The van der Waals surface area contributed by atoms with Crippen LogP contribution in [0.2, 0.25) is 0 Å². The molecular weight excluding hydrogens is 254 g/mol. The first-order chi connectivity index (χ1) is 9.78. The Hall–Kier alpha value is -1.88. The van der Waals surface area contributed by atoms with Gasteiger partial charge in [0.05, 0.1) is 5.69 Å². The summed E-state index contributed by atoms with van der Waals surface area (Å²) in [5.74, 6) is 1.17. The van der Waals surface area contributed by atoms with E-state index in [9.17, 15) is 0 Å². The zero-order valence-electron chi connectivity index (χ0n) is 11.7. The molecule has 0 spiro atoms. The molecule has 2 aromatic rings. The largest absolute Gasteiger partial charge is 0.473 e. The molecule has 1 saturated heterocycles. The van der Waals surface area contributed by atoms with Crippen LogP contribution in [0.15, 0.2) is 24.8 Å². The fourth-order valence-corrected chi connectivity index (χ4v) is 2.52. The SMILES string of the molecule is C=CCOc1cc(C)nc2cc(C3CCOCC3)nn12. The van der Waals surface area contributed by atoms with Crippen LogP contribution in [-0.2, 0) is 4.74 Å². The maximum absolute atomic E-state index is 5.67. The van der Waals surface area contributed by atoms with E-state index in [1.807, 2.05) is 13.0 Å².